The zero-order valence-electron chi connectivity index (χ0n) is 10.7. The van der Waals surface area contributed by atoms with Crippen molar-refractivity contribution in [1.29, 1.82) is 0 Å². The van der Waals surface area contributed by atoms with Gasteiger partial charge in [-0.3, -0.25) is 4.79 Å². The van der Waals surface area contributed by atoms with Crippen molar-refractivity contribution < 1.29 is 9.18 Å². The van der Waals surface area contributed by atoms with Crippen LogP contribution in [0.1, 0.15) is 25.8 Å². The molecule has 2 atom stereocenters. The van der Waals surface area contributed by atoms with E-state index in [9.17, 15) is 9.18 Å². The third-order valence-corrected chi connectivity index (χ3v) is 4.03. The lowest BCUT2D eigenvalue weighted by Gasteiger charge is -2.12. The first-order valence-electron chi connectivity index (χ1n) is 5.80. The van der Waals surface area contributed by atoms with Crippen LogP contribution in [-0.4, -0.2) is 16.8 Å². The number of hydrogen-bond acceptors (Lipinski definition) is 2. The van der Waals surface area contributed by atoms with E-state index in [0.717, 1.165) is 16.9 Å². The fourth-order valence-corrected chi connectivity index (χ4v) is 2.43. The Kier molecular flexibility index (Phi) is 5.96. The Hall–Kier alpha value is -0.740. The first kappa shape index (κ1) is 15.3. The standard InChI is InChI=1S/C13H17ClFNOS/c1-4-9(3)18-10-5-6-11(8(2)7-10)16-13(17)12(14)15/h5-7,9,12H,4H2,1-3H3,(H,16,17). The number of anilines is 1. The molecule has 100 valence electrons. The van der Waals surface area contributed by atoms with Gasteiger partial charge in [-0.1, -0.05) is 25.4 Å². The van der Waals surface area contributed by atoms with Gasteiger partial charge in [0, 0.05) is 15.8 Å². The predicted octanol–water partition coefficient (Wildman–Crippen LogP) is 4.36. The molecular weight excluding hydrogens is 273 g/mol. The minimum atomic E-state index is -2.02. The molecule has 0 heterocycles. The molecule has 0 aliphatic heterocycles. The van der Waals surface area contributed by atoms with Gasteiger partial charge in [0.2, 0.25) is 0 Å². The maximum absolute atomic E-state index is 12.6. The molecule has 0 aliphatic carbocycles. The van der Waals surface area contributed by atoms with Gasteiger partial charge >= 0.3 is 0 Å². The first-order chi connectivity index (χ1) is 8.43. The molecule has 0 aliphatic rings. The second-order valence-electron chi connectivity index (χ2n) is 4.10. The molecule has 2 nitrogen and oxygen atoms in total. The van der Waals surface area contributed by atoms with Crippen molar-refractivity contribution >= 4 is 35.0 Å². The summed E-state index contributed by atoms with van der Waals surface area (Å²) in [5.41, 5.74) is -0.524. The largest absolute Gasteiger partial charge is 0.322 e. The molecule has 0 radical (unpaired) electrons. The van der Waals surface area contributed by atoms with E-state index in [2.05, 4.69) is 19.2 Å². The number of alkyl halides is 2. The topological polar surface area (TPSA) is 29.1 Å². The van der Waals surface area contributed by atoms with E-state index < -0.39 is 11.5 Å². The fraction of sp³-hybridized carbons (Fsp3) is 0.462. The van der Waals surface area contributed by atoms with Crippen molar-refractivity contribution in [2.24, 2.45) is 0 Å². The van der Waals surface area contributed by atoms with Crippen LogP contribution in [0.2, 0.25) is 0 Å². The summed E-state index contributed by atoms with van der Waals surface area (Å²) in [5, 5.41) is 2.99. The second-order valence-corrected chi connectivity index (χ2v) is 6.00. The predicted molar refractivity (Wildman–Crippen MR) is 76.2 cm³/mol. The first-order valence-corrected chi connectivity index (χ1v) is 7.12. The molecule has 0 spiro atoms. The summed E-state index contributed by atoms with van der Waals surface area (Å²) < 4.78 is 12.6. The zero-order chi connectivity index (χ0) is 13.7. The Bertz CT molecular complexity index is 425. The van der Waals surface area contributed by atoms with E-state index in [1.54, 1.807) is 17.8 Å². The highest BCUT2D eigenvalue weighted by molar-refractivity contribution is 7.99. The summed E-state index contributed by atoms with van der Waals surface area (Å²) in [6.07, 6.45) is 1.10. The quantitative estimate of drug-likeness (QED) is 0.644. The molecule has 1 N–H and O–H groups in total. The Morgan fingerprint density at radius 2 is 2.22 bits per heavy atom. The van der Waals surface area contributed by atoms with Gasteiger partial charge in [-0.05, 0) is 37.1 Å². The summed E-state index contributed by atoms with van der Waals surface area (Å²) in [6, 6.07) is 5.67. The lowest BCUT2D eigenvalue weighted by Crippen LogP contribution is -2.19. The molecular formula is C13H17ClFNOS. The minimum Gasteiger partial charge on any atom is -0.322 e. The molecule has 0 aromatic heterocycles. The highest BCUT2D eigenvalue weighted by atomic mass is 35.5. The van der Waals surface area contributed by atoms with Crippen LogP contribution in [0, 0.1) is 6.92 Å². The molecule has 0 bridgehead atoms. The van der Waals surface area contributed by atoms with Gasteiger partial charge in [0.05, 0.1) is 0 Å². The Morgan fingerprint density at radius 3 is 2.72 bits per heavy atom. The fourth-order valence-electron chi connectivity index (χ4n) is 1.35. The number of hydrogen-bond donors (Lipinski definition) is 1. The number of carbonyl (C=O) groups is 1. The van der Waals surface area contributed by atoms with Crippen molar-refractivity contribution in [3.63, 3.8) is 0 Å². The molecule has 1 aromatic rings. The molecule has 5 heteroatoms. The van der Waals surface area contributed by atoms with Crippen molar-refractivity contribution in [3.05, 3.63) is 23.8 Å². The van der Waals surface area contributed by atoms with Crippen LogP contribution >= 0.6 is 23.4 Å². The van der Waals surface area contributed by atoms with Crippen LogP contribution in [0.5, 0.6) is 0 Å². The summed E-state index contributed by atoms with van der Waals surface area (Å²) >= 11 is 6.85. The van der Waals surface area contributed by atoms with Crippen LogP contribution in [0.3, 0.4) is 0 Å². The van der Waals surface area contributed by atoms with Gasteiger partial charge in [-0.15, -0.1) is 11.8 Å². The summed E-state index contributed by atoms with van der Waals surface area (Å²) in [4.78, 5) is 12.3. The van der Waals surface area contributed by atoms with Crippen LogP contribution in [0.25, 0.3) is 0 Å². The molecule has 1 rings (SSSR count). The van der Waals surface area contributed by atoms with E-state index >= 15 is 0 Å². The van der Waals surface area contributed by atoms with Gasteiger partial charge in [-0.2, -0.15) is 0 Å². The lowest BCUT2D eigenvalue weighted by atomic mass is 10.2. The summed E-state index contributed by atoms with van der Waals surface area (Å²) in [7, 11) is 0. The molecule has 0 saturated carbocycles. The average molecular weight is 290 g/mol. The number of carbonyl (C=O) groups excluding carboxylic acids is 1. The molecule has 0 fully saturated rings. The van der Waals surface area contributed by atoms with E-state index in [4.69, 9.17) is 11.6 Å². The third-order valence-electron chi connectivity index (χ3n) is 2.57. The van der Waals surface area contributed by atoms with Gasteiger partial charge < -0.3 is 5.32 Å². The van der Waals surface area contributed by atoms with Gasteiger partial charge in [0.25, 0.3) is 11.5 Å². The summed E-state index contributed by atoms with van der Waals surface area (Å²) in [5.74, 6) is -0.831. The molecule has 1 aromatic carbocycles. The van der Waals surface area contributed by atoms with Gasteiger partial charge in [0.1, 0.15) is 0 Å². The van der Waals surface area contributed by atoms with Crippen LogP contribution < -0.4 is 5.32 Å². The van der Waals surface area contributed by atoms with Crippen LogP contribution in [-0.2, 0) is 4.79 Å². The number of halogens is 2. The SMILES string of the molecule is CCC(C)Sc1ccc(NC(=O)C(F)Cl)c(C)c1. The number of thioether (sulfide) groups is 1. The van der Waals surface area contributed by atoms with Crippen molar-refractivity contribution in [2.75, 3.05) is 5.32 Å². The maximum Gasteiger partial charge on any atom is 0.274 e. The molecule has 1 amide bonds. The van der Waals surface area contributed by atoms with Crippen molar-refractivity contribution in [1.82, 2.24) is 0 Å². The number of rotatable bonds is 5. The number of benzene rings is 1. The van der Waals surface area contributed by atoms with Crippen molar-refractivity contribution in [2.45, 2.75) is 43.0 Å². The zero-order valence-corrected chi connectivity index (χ0v) is 12.2. The number of aryl methyl sites for hydroxylation is 1. The summed E-state index contributed by atoms with van der Waals surface area (Å²) in [6.45, 7) is 6.18. The number of nitrogens with one attached hydrogen (secondary N) is 1. The smallest absolute Gasteiger partial charge is 0.274 e. The van der Waals surface area contributed by atoms with Crippen LogP contribution in [0.4, 0.5) is 10.1 Å². The molecule has 2 unspecified atom stereocenters. The Labute approximate surface area is 116 Å². The lowest BCUT2D eigenvalue weighted by molar-refractivity contribution is -0.118. The second kappa shape index (κ2) is 7.00. The molecule has 0 saturated heterocycles. The normalized spacial score (nSPS) is 14.1. The van der Waals surface area contributed by atoms with E-state index in [0.29, 0.717) is 10.9 Å². The van der Waals surface area contributed by atoms with Crippen LogP contribution in [0.15, 0.2) is 23.1 Å². The average Bonchev–Trinajstić information content (AvgIpc) is 2.32. The highest BCUT2D eigenvalue weighted by Gasteiger charge is 2.14. The van der Waals surface area contributed by atoms with Gasteiger partial charge in [-0.25, -0.2) is 4.39 Å². The van der Waals surface area contributed by atoms with E-state index in [1.807, 2.05) is 19.1 Å². The van der Waals surface area contributed by atoms with Gasteiger partial charge in [0.15, 0.2) is 0 Å². The highest BCUT2D eigenvalue weighted by Crippen LogP contribution is 2.28. The molecule has 18 heavy (non-hydrogen) atoms. The van der Waals surface area contributed by atoms with Crippen molar-refractivity contribution in [3.8, 4) is 0 Å². The third kappa shape index (κ3) is 4.50. The maximum atomic E-state index is 12.6. The monoisotopic (exact) mass is 289 g/mol. The minimum absolute atomic E-state index is 0.544. The van der Waals surface area contributed by atoms with E-state index in [1.165, 1.54) is 0 Å². The van der Waals surface area contributed by atoms with E-state index in [-0.39, 0.29) is 0 Å². The number of amides is 1. The Balaban J connectivity index is 2.76. The Morgan fingerprint density at radius 1 is 1.56 bits per heavy atom.